The van der Waals surface area contributed by atoms with E-state index in [0.717, 1.165) is 0 Å². The molecule has 0 aliphatic carbocycles. The summed E-state index contributed by atoms with van der Waals surface area (Å²) in [5, 5.41) is 0.0530. The van der Waals surface area contributed by atoms with Gasteiger partial charge in [-0.15, -0.1) is 0 Å². The van der Waals surface area contributed by atoms with E-state index in [4.69, 9.17) is 26.8 Å². The standard InChI is InChI=1S/C13H11ClFNO2/c1-17-13-7-9(3-5-12(13)16)18-8-2-4-10(14)11(15)6-8/h2-7H,16H2,1H3. The van der Waals surface area contributed by atoms with Gasteiger partial charge in [0.2, 0.25) is 0 Å². The molecular formula is C13H11ClFNO2. The fraction of sp³-hybridized carbons (Fsp3) is 0.0769. The number of nitrogens with two attached hydrogens (primary N) is 1. The Morgan fingerprint density at radius 3 is 2.44 bits per heavy atom. The molecule has 2 rings (SSSR count). The largest absolute Gasteiger partial charge is 0.494 e. The van der Waals surface area contributed by atoms with E-state index in [9.17, 15) is 4.39 Å². The first-order valence-corrected chi connectivity index (χ1v) is 5.54. The molecular weight excluding hydrogens is 257 g/mol. The summed E-state index contributed by atoms with van der Waals surface area (Å²) in [5.41, 5.74) is 6.19. The number of anilines is 1. The molecule has 18 heavy (non-hydrogen) atoms. The van der Waals surface area contributed by atoms with E-state index in [0.29, 0.717) is 22.9 Å². The highest BCUT2D eigenvalue weighted by Gasteiger charge is 2.05. The molecule has 5 heteroatoms. The third-order valence-corrected chi connectivity index (χ3v) is 2.64. The number of methoxy groups -OCH3 is 1. The van der Waals surface area contributed by atoms with E-state index in [1.165, 1.54) is 19.2 Å². The van der Waals surface area contributed by atoms with Crippen molar-refractivity contribution in [2.45, 2.75) is 0 Å². The van der Waals surface area contributed by atoms with Crippen LogP contribution in [0.2, 0.25) is 5.02 Å². The van der Waals surface area contributed by atoms with Crippen LogP contribution in [0, 0.1) is 5.82 Å². The average molecular weight is 268 g/mol. The van der Waals surface area contributed by atoms with E-state index in [2.05, 4.69) is 0 Å². The molecule has 0 radical (unpaired) electrons. The Labute approximate surface area is 109 Å². The molecule has 0 unspecified atom stereocenters. The summed E-state index contributed by atoms with van der Waals surface area (Å²) < 4.78 is 23.8. The Balaban J connectivity index is 2.25. The fourth-order valence-electron chi connectivity index (χ4n) is 1.43. The SMILES string of the molecule is COc1cc(Oc2ccc(Cl)c(F)c2)ccc1N. The Bertz CT molecular complexity index is 575. The van der Waals surface area contributed by atoms with Gasteiger partial charge in [-0.2, -0.15) is 0 Å². The van der Waals surface area contributed by atoms with Crippen LogP contribution in [0.15, 0.2) is 36.4 Å². The number of benzene rings is 2. The molecule has 2 aromatic rings. The van der Waals surface area contributed by atoms with Crippen LogP contribution in [-0.4, -0.2) is 7.11 Å². The third kappa shape index (κ3) is 2.65. The van der Waals surface area contributed by atoms with Crippen molar-refractivity contribution in [1.82, 2.24) is 0 Å². The summed E-state index contributed by atoms with van der Waals surface area (Å²) in [6.45, 7) is 0. The van der Waals surface area contributed by atoms with Gasteiger partial charge in [-0.1, -0.05) is 11.6 Å². The summed E-state index contributed by atoms with van der Waals surface area (Å²) in [4.78, 5) is 0. The van der Waals surface area contributed by atoms with Crippen LogP contribution in [0.4, 0.5) is 10.1 Å². The highest BCUT2D eigenvalue weighted by atomic mass is 35.5. The topological polar surface area (TPSA) is 44.5 Å². The van der Waals surface area contributed by atoms with Crippen LogP contribution in [0.1, 0.15) is 0 Å². The monoisotopic (exact) mass is 267 g/mol. The quantitative estimate of drug-likeness (QED) is 0.859. The van der Waals surface area contributed by atoms with Crippen LogP contribution in [0.3, 0.4) is 0 Å². The van der Waals surface area contributed by atoms with Crippen LogP contribution in [0.5, 0.6) is 17.2 Å². The zero-order valence-corrected chi connectivity index (χ0v) is 10.4. The number of ether oxygens (including phenoxy) is 2. The van der Waals surface area contributed by atoms with Gasteiger partial charge in [0.15, 0.2) is 0 Å². The van der Waals surface area contributed by atoms with Crippen molar-refractivity contribution in [2.75, 3.05) is 12.8 Å². The number of hydrogen-bond acceptors (Lipinski definition) is 3. The number of halogens is 2. The molecule has 0 aromatic heterocycles. The van der Waals surface area contributed by atoms with E-state index >= 15 is 0 Å². The van der Waals surface area contributed by atoms with Gasteiger partial charge in [-0.25, -0.2) is 4.39 Å². The molecule has 0 bridgehead atoms. The first-order valence-electron chi connectivity index (χ1n) is 5.16. The number of hydrogen-bond donors (Lipinski definition) is 1. The molecule has 94 valence electrons. The van der Waals surface area contributed by atoms with Gasteiger partial charge in [0.25, 0.3) is 0 Å². The summed E-state index contributed by atoms with van der Waals surface area (Å²) in [7, 11) is 1.51. The molecule has 0 saturated heterocycles. The van der Waals surface area contributed by atoms with E-state index in [-0.39, 0.29) is 5.02 Å². The average Bonchev–Trinajstić information content (AvgIpc) is 2.36. The van der Waals surface area contributed by atoms with Crippen molar-refractivity contribution < 1.29 is 13.9 Å². The second kappa shape index (κ2) is 5.14. The molecule has 0 saturated carbocycles. The van der Waals surface area contributed by atoms with Crippen LogP contribution in [0.25, 0.3) is 0 Å². The minimum atomic E-state index is -0.531. The molecule has 3 nitrogen and oxygen atoms in total. The van der Waals surface area contributed by atoms with Gasteiger partial charge in [0, 0.05) is 12.1 Å². The first kappa shape index (κ1) is 12.5. The number of rotatable bonds is 3. The van der Waals surface area contributed by atoms with Crippen molar-refractivity contribution in [1.29, 1.82) is 0 Å². The zero-order valence-electron chi connectivity index (χ0n) is 9.61. The first-order chi connectivity index (χ1) is 8.60. The lowest BCUT2D eigenvalue weighted by atomic mass is 10.2. The molecule has 0 atom stereocenters. The number of nitrogen functional groups attached to an aromatic ring is 1. The van der Waals surface area contributed by atoms with E-state index < -0.39 is 5.82 Å². The van der Waals surface area contributed by atoms with Crippen molar-refractivity contribution in [3.05, 3.63) is 47.2 Å². The predicted octanol–water partition coefficient (Wildman–Crippen LogP) is 3.86. The molecule has 0 heterocycles. The van der Waals surface area contributed by atoms with Crippen LogP contribution < -0.4 is 15.2 Å². The lowest BCUT2D eigenvalue weighted by Crippen LogP contribution is -1.93. The summed E-state index contributed by atoms with van der Waals surface area (Å²) in [6.07, 6.45) is 0. The van der Waals surface area contributed by atoms with Gasteiger partial charge in [-0.3, -0.25) is 0 Å². The zero-order chi connectivity index (χ0) is 13.1. The second-order valence-electron chi connectivity index (χ2n) is 3.58. The highest BCUT2D eigenvalue weighted by molar-refractivity contribution is 6.30. The summed E-state index contributed by atoms with van der Waals surface area (Å²) >= 11 is 5.59. The van der Waals surface area contributed by atoms with E-state index in [1.54, 1.807) is 24.3 Å². The molecule has 0 fully saturated rings. The predicted molar refractivity (Wildman–Crippen MR) is 68.9 cm³/mol. The van der Waals surface area contributed by atoms with Crippen molar-refractivity contribution >= 4 is 17.3 Å². The van der Waals surface area contributed by atoms with E-state index in [1.807, 2.05) is 0 Å². The lowest BCUT2D eigenvalue weighted by Gasteiger charge is -2.09. The third-order valence-electron chi connectivity index (χ3n) is 2.33. The summed E-state index contributed by atoms with van der Waals surface area (Å²) in [5.74, 6) is 0.824. The second-order valence-corrected chi connectivity index (χ2v) is 3.99. The van der Waals surface area contributed by atoms with Gasteiger partial charge in [0.05, 0.1) is 17.8 Å². The maximum absolute atomic E-state index is 13.2. The van der Waals surface area contributed by atoms with Gasteiger partial charge in [-0.05, 0) is 24.3 Å². The summed E-state index contributed by atoms with van der Waals surface area (Å²) in [6, 6.07) is 9.17. The molecule has 0 amide bonds. The molecule has 0 aliphatic heterocycles. The van der Waals surface area contributed by atoms with Crippen molar-refractivity contribution in [3.8, 4) is 17.2 Å². The molecule has 2 N–H and O–H groups in total. The normalized spacial score (nSPS) is 10.2. The Kier molecular flexibility index (Phi) is 3.58. The maximum atomic E-state index is 13.2. The fourth-order valence-corrected chi connectivity index (χ4v) is 1.55. The molecule has 0 spiro atoms. The lowest BCUT2D eigenvalue weighted by molar-refractivity contribution is 0.411. The maximum Gasteiger partial charge on any atom is 0.145 e. The van der Waals surface area contributed by atoms with Crippen LogP contribution in [-0.2, 0) is 0 Å². The minimum absolute atomic E-state index is 0.0530. The van der Waals surface area contributed by atoms with Crippen molar-refractivity contribution in [3.63, 3.8) is 0 Å². The Hall–Kier alpha value is -1.94. The smallest absolute Gasteiger partial charge is 0.145 e. The highest BCUT2D eigenvalue weighted by Crippen LogP contribution is 2.30. The van der Waals surface area contributed by atoms with Gasteiger partial charge in [0.1, 0.15) is 23.1 Å². The Morgan fingerprint density at radius 1 is 1.11 bits per heavy atom. The van der Waals surface area contributed by atoms with Gasteiger partial charge >= 0.3 is 0 Å². The van der Waals surface area contributed by atoms with Crippen LogP contribution >= 0.6 is 11.6 Å². The molecule has 0 aliphatic rings. The van der Waals surface area contributed by atoms with Crippen molar-refractivity contribution in [2.24, 2.45) is 0 Å². The van der Waals surface area contributed by atoms with Gasteiger partial charge < -0.3 is 15.2 Å². The Morgan fingerprint density at radius 2 is 1.78 bits per heavy atom. The molecule has 2 aromatic carbocycles. The minimum Gasteiger partial charge on any atom is -0.494 e.